The van der Waals surface area contributed by atoms with Crippen LogP contribution < -0.4 is 10.1 Å². The second-order valence-electron chi connectivity index (χ2n) is 4.57. The molecule has 102 valence electrons. The van der Waals surface area contributed by atoms with Crippen molar-refractivity contribution in [2.75, 3.05) is 19.1 Å². The fraction of sp³-hybridized carbons (Fsp3) is 0.615. The summed E-state index contributed by atoms with van der Waals surface area (Å²) in [5.41, 5.74) is 3.09. The van der Waals surface area contributed by atoms with Crippen molar-refractivity contribution in [3.8, 4) is 5.75 Å². The Morgan fingerprint density at radius 1 is 1.50 bits per heavy atom. The number of pyridine rings is 1. The van der Waals surface area contributed by atoms with Gasteiger partial charge in [-0.05, 0) is 20.8 Å². The number of rotatable bonds is 6. The average Bonchev–Trinajstić information content (AvgIpc) is 2.27. The highest BCUT2D eigenvalue weighted by atomic mass is 32.2. The van der Waals surface area contributed by atoms with Crippen molar-refractivity contribution in [1.82, 2.24) is 10.3 Å². The molecular weight excluding hydrogens is 248 g/mol. The smallest absolute Gasteiger partial charge is 0.128 e. The molecule has 0 aliphatic heterocycles. The molecule has 2 unspecified atom stereocenters. The number of hydrogen-bond donors (Lipinski definition) is 1. The highest BCUT2D eigenvalue weighted by Crippen LogP contribution is 2.23. The summed E-state index contributed by atoms with van der Waals surface area (Å²) in [5.74, 6) is 1.55. The maximum atomic E-state index is 11.1. The second kappa shape index (κ2) is 6.85. The predicted molar refractivity (Wildman–Crippen MR) is 75.5 cm³/mol. The Morgan fingerprint density at radius 2 is 2.17 bits per heavy atom. The third kappa shape index (κ3) is 4.07. The molecule has 4 nitrogen and oxygen atoms in total. The first-order valence-corrected chi connectivity index (χ1v) is 7.71. The van der Waals surface area contributed by atoms with Crippen molar-refractivity contribution in [3.63, 3.8) is 0 Å². The number of aromatic nitrogens is 1. The Labute approximate surface area is 112 Å². The van der Waals surface area contributed by atoms with Gasteiger partial charge in [0, 0.05) is 52.7 Å². The van der Waals surface area contributed by atoms with Crippen molar-refractivity contribution in [3.05, 3.63) is 23.0 Å². The van der Waals surface area contributed by atoms with Gasteiger partial charge in [0.05, 0.1) is 12.8 Å². The van der Waals surface area contributed by atoms with Crippen molar-refractivity contribution < 1.29 is 8.95 Å². The van der Waals surface area contributed by atoms with Crippen LogP contribution >= 0.6 is 0 Å². The number of aryl methyl sites for hydroxylation is 1. The summed E-state index contributed by atoms with van der Waals surface area (Å²) in [6, 6.07) is 0.212. The Morgan fingerprint density at radius 3 is 2.72 bits per heavy atom. The summed E-state index contributed by atoms with van der Waals surface area (Å²) >= 11 is 0. The van der Waals surface area contributed by atoms with Gasteiger partial charge in [0.1, 0.15) is 5.75 Å². The topological polar surface area (TPSA) is 51.2 Å². The lowest BCUT2D eigenvalue weighted by Crippen LogP contribution is -2.31. The molecule has 0 saturated heterocycles. The lowest BCUT2D eigenvalue weighted by Gasteiger charge is -2.15. The third-order valence-corrected chi connectivity index (χ3v) is 3.82. The van der Waals surface area contributed by atoms with Crippen LogP contribution in [0, 0.1) is 13.8 Å². The van der Waals surface area contributed by atoms with Crippen LogP contribution in [-0.4, -0.2) is 34.4 Å². The number of nitrogens with zero attached hydrogens (tertiary/aromatic N) is 1. The lowest BCUT2D eigenvalue weighted by molar-refractivity contribution is 0.406. The fourth-order valence-corrected chi connectivity index (χ4v) is 2.75. The van der Waals surface area contributed by atoms with Gasteiger partial charge in [-0.25, -0.2) is 0 Å². The van der Waals surface area contributed by atoms with Gasteiger partial charge < -0.3 is 10.1 Å². The van der Waals surface area contributed by atoms with Gasteiger partial charge in [0.25, 0.3) is 0 Å². The lowest BCUT2D eigenvalue weighted by atomic mass is 10.1. The van der Waals surface area contributed by atoms with Crippen LogP contribution in [0.3, 0.4) is 0 Å². The number of ether oxygens (including phenoxy) is 1. The number of nitrogens with one attached hydrogen (secondary N) is 1. The van der Waals surface area contributed by atoms with E-state index >= 15 is 0 Å². The minimum absolute atomic E-state index is 0.212. The first kappa shape index (κ1) is 15.1. The molecule has 0 fully saturated rings. The molecule has 0 radical (unpaired) electrons. The average molecular weight is 270 g/mol. The number of methoxy groups -OCH3 is 1. The molecule has 1 N–H and O–H groups in total. The van der Waals surface area contributed by atoms with E-state index in [1.165, 1.54) is 0 Å². The first-order valence-electron chi connectivity index (χ1n) is 5.98. The summed E-state index contributed by atoms with van der Waals surface area (Å²) in [7, 11) is 0.900. The molecule has 0 aromatic carbocycles. The van der Waals surface area contributed by atoms with E-state index in [-0.39, 0.29) is 6.04 Å². The van der Waals surface area contributed by atoms with Crippen LogP contribution in [0.5, 0.6) is 5.75 Å². The third-order valence-electron chi connectivity index (χ3n) is 2.85. The van der Waals surface area contributed by atoms with Gasteiger partial charge in [-0.2, -0.15) is 0 Å². The standard InChI is InChI=1S/C13H22N2O2S/c1-9-6-15-12(11(3)13(9)17-4)7-14-10(2)8-18(5)16/h6,10,14H,7-8H2,1-5H3. The van der Waals surface area contributed by atoms with E-state index in [1.54, 1.807) is 13.4 Å². The zero-order chi connectivity index (χ0) is 13.7. The van der Waals surface area contributed by atoms with E-state index in [9.17, 15) is 4.21 Å². The van der Waals surface area contributed by atoms with Crippen LogP contribution in [0.2, 0.25) is 0 Å². The van der Waals surface area contributed by atoms with E-state index in [0.29, 0.717) is 12.3 Å². The summed E-state index contributed by atoms with van der Waals surface area (Å²) in [4.78, 5) is 4.42. The maximum Gasteiger partial charge on any atom is 0.128 e. The molecule has 0 saturated carbocycles. The molecule has 0 aliphatic carbocycles. The van der Waals surface area contributed by atoms with Crippen LogP contribution in [0.4, 0.5) is 0 Å². The highest BCUT2D eigenvalue weighted by molar-refractivity contribution is 7.84. The van der Waals surface area contributed by atoms with Gasteiger partial charge in [-0.1, -0.05) is 0 Å². The van der Waals surface area contributed by atoms with E-state index in [1.807, 2.05) is 27.0 Å². The van der Waals surface area contributed by atoms with Gasteiger partial charge in [-0.3, -0.25) is 9.19 Å². The summed E-state index contributed by atoms with van der Waals surface area (Å²) in [6.07, 6.45) is 3.54. The normalized spacial score (nSPS) is 14.3. The molecule has 2 atom stereocenters. The van der Waals surface area contributed by atoms with E-state index in [4.69, 9.17) is 4.74 Å². The molecule has 0 bridgehead atoms. The highest BCUT2D eigenvalue weighted by Gasteiger charge is 2.10. The Kier molecular flexibility index (Phi) is 5.75. The monoisotopic (exact) mass is 270 g/mol. The first-order chi connectivity index (χ1) is 8.45. The van der Waals surface area contributed by atoms with Crippen LogP contribution in [0.1, 0.15) is 23.7 Å². The van der Waals surface area contributed by atoms with Gasteiger partial charge in [0.15, 0.2) is 0 Å². The van der Waals surface area contributed by atoms with Crippen molar-refractivity contribution in [2.45, 2.75) is 33.4 Å². The molecule has 0 amide bonds. The minimum Gasteiger partial charge on any atom is -0.496 e. The molecule has 0 aliphatic rings. The van der Waals surface area contributed by atoms with E-state index < -0.39 is 10.8 Å². The fourth-order valence-electron chi connectivity index (χ4n) is 1.93. The zero-order valence-corrected chi connectivity index (χ0v) is 12.6. The van der Waals surface area contributed by atoms with Gasteiger partial charge >= 0.3 is 0 Å². The predicted octanol–water partition coefficient (Wildman–Crippen LogP) is 1.56. The largest absolute Gasteiger partial charge is 0.496 e. The van der Waals surface area contributed by atoms with E-state index in [2.05, 4.69) is 10.3 Å². The van der Waals surface area contributed by atoms with Crippen molar-refractivity contribution in [1.29, 1.82) is 0 Å². The minimum atomic E-state index is -0.776. The Balaban J connectivity index is 2.71. The maximum absolute atomic E-state index is 11.1. The molecular formula is C13H22N2O2S. The van der Waals surface area contributed by atoms with E-state index in [0.717, 1.165) is 22.6 Å². The summed E-state index contributed by atoms with van der Waals surface area (Å²) < 4.78 is 16.5. The molecule has 1 aromatic heterocycles. The SMILES string of the molecule is COc1c(C)cnc(CNC(C)CS(C)=O)c1C. The van der Waals surface area contributed by atoms with Gasteiger partial charge in [-0.15, -0.1) is 0 Å². The van der Waals surface area contributed by atoms with Crippen LogP contribution in [0.25, 0.3) is 0 Å². The van der Waals surface area contributed by atoms with Crippen molar-refractivity contribution >= 4 is 10.8 Å². The molecule has 1 aromatic rings. The quantitative estimate of drug-likeness (QED) is 0.852. The molecule has 5 heteroatoms. The molecule has 1 heterocycles. The van der Waals surface area contributed by atoms with Gasteiger partial charge in [0.2, 0.25) is 0 Å². The Hall–Kier alpha value is -0.940. The Bertz CT molecular complexity index is 435. The zero-order valence-electron chi connectivity index (χ0n) is 11.7. The van der Waals surface area contributed by atoms with Crippen LogP contribution in [0.15, 0.2) is 6.20 Å². The molecule has 1 rings (SSSR count). The van der Waals surface area contributed by atoms with Crippen LogP contribution in [-0.2, 0) is 17.3 Å². The second-order valence-corrected chi connectivity index (χ2v) is 6.05. The van der Waals surface area contributed by atoms with Crippen molar-refractivity contribution in [2.24, 2.45) is 0 Å². The summed E-state index contributed by atoms with van der Waals surface area (Å²) in [6.45, 7) is 6.69. The molecule has 0 spiro atoms. The number of hydrogen-bond acceptors (Lipinski definition) is 4. The molecule has 18 heavy (non-hydrogen) atoms. The summed E-state index contributed by atoms with van der Waals surface area (Å²) in [5, 5.41) is 3.33.